The van der Waals surface area contributed by atoms with E-state index in [2.05, 4.69) is 51.4 Å². The first-order valence-electron chi connectivity index (χ1n) is 11.2. The molecule has 1 aromatic heterocycles. The molecule has 1 fully saturated rings. The van der Waals surface area contributed by atoms with Crippen LogP contribution in [-0.4, -0.2) is 37.7 Å². The number of anilines is 2. The number of sulfone groups is 1. The van der Waals surface area contributed by atoms with Crippen molar-refractivity contribution in [2.45, 2.75) is 43.5 Å². The number of aryl methyl sites for hydroxylation is 1. The zero-order valence-corrected chi connectivity index (χ0v) is 19.8. The molecule has 0 atom stereocenters. The van der Waals surface area contributed by atoms with Crippen LogP contribution in [0.5, 0.6) is 0 Å². The number of aromatic nitrogens is 2. The Hall–Kier alpha value is -3.00. The Morgan fingerprint density at radius 2 is 1.70 bits per heavy atom. The van der Waals surface area contributed by atoms with Crippen molar-refractivity contribution in [3.8, 4) is 0 Å². The molecule has 33 heavy (non-hydrogen) atoms. The Balaban J connectivity index is 1.31. The lowest BCUT2D eigenvalue weighted by Crippen LogP contribution is -2.34. The Labute approximate surface area is 194 Å². The zero-order chi connectivity index (χ0) is 23.4. The van der Waals surface area contributed by atoms with Crippen LogP contribution in [0.25, 0.3) is 0 Å². The molecule has 1 saturated heterocycles. The molecule has 0 amide bonds. The summed E-state index contributed by atoms with van der Waals surface area (Å²) in [4.78, 5) is 11.2. The highest BCUT2D eigenvalue weighted by atomic mass is 32.2. The van der Waals surface area contributed by atoms with Gasteiger partial charge in [0.05, 0.1) is 10.6 Å². The van der Waals surface area contributed by atoms with Gasteiger partial charge in [-0.1, -0.05) is 31.2 Å². The average Bonchev–Trinajstić information content (AvgIpc) is 2.83. The van der Waals surface area contributed by atoms with Crippen LogP contribution < -0.4 is 10.2 Å². The molecule has 2 aromatic carbocycles. The second-order valence-corrected chi connectivity index (χ2v) is 10.5. The van der Waals surface area contributed by atoms with E-state index < -0.39 is 15.7 Å². The molecular weight excluding hydrogens is 439 g/mol. The van der Waals surface area contributed by atoms with Crippen LogP contribution in [0.4, 0.5) is 16.0 Å². The Bertz CT molecular complexity index is 1190. The molecule has 1 aliphatic rings. The van der Waals surface area contributed by atoms with Crippen molar-refractivity contribution in [3.63, 3.8) is 0 Å². The number of hydrogen-bond acceptors (Lipinski definition) is 6. The minimum atomic E-state index is -3.42. The van der Waals surface area contributed by atoms with Gasteiger partial charge in [-0.15, -0.1) is 0 Å². The lowest BCUT2D eigenvalue weighted by Gasteiger charge is -2.32. The molecule has 6 nitrogen and oxygen atoms in total. The van der Waals surface area contributed by atoms with Gasteiger partial charge in [0.1, 0.15) is 5.82 Å². The molecule has 4 rings (SSSR count). The number of hydrogen-bond donors (Lipinski definition) is 1. The van der Waals surface area contributed by atoms with Gasteiger partial charge in [0.25, 0.3) is 0 Å². The van der Waals surface area contributed by atoms with Crippen LogP contribution in [0.1, 0.15) is 42.4 Å². The van der Waals surface area contributed by atoms with E-state index in [0.29, 0.717) is 12.5 Å². The maximum atomic E-state index is 14.2. The summed E-state index contributed by atoms with van der Waals surface area (Å²) in [5.74, 6) is 0.734. The van der Waals surface area contributed by atoms with E-state index in [0.717, 1.165) is 61.7 Å². The Morgan fingerprint density at radius 1 is 1.03 bits per heavy atom. The lowest BCUT2D eigenvalue weighted by molar-refractivity contribution is 0.499. The first-order valence-corrected chi connectivity index (χ1v) is 13.1. The third-order valence-electron chi connectivity index (χ3n) is 6.18. The average molecular weight is 469 g/mol. The molecule has 0 aliphatic carbocycles. The van der Waals surface area contributed by atoms with E-state index in [1.807, 2.05) is 12.4 Å². The summed E-state index contributed by atoms with van der Waals surface area (Å²) in [5, 5.41) is 3.05. The first-order chi connectivity index (χ1) is 15.8. The maximum absolute atomic E-state index is 14.2. The zero-order valence-electron chi connectivity index (χ0n) is 19.0. The molecular formula is C25H29FN4O2S. The molecule has 1 N–H and O–H groups in total. The summed E-state index contributed by atoms with van der Waals surface area (Å²) >= 11 is 0. The van der Waals surface area contributed by atoms with Crippen molar-refractivity contribution in [3.05, 3.63) is 77.4 Å². The van der Waals surface area contributed by atoms with Crippen molar-refractivity contribution >= 4 is 21.5 Å². The third-order valence-corrected chi connectivity index (χ3v) is 7.29. The fourth-order valence-corrected chi connectivity index (χ4v) is 4.71. The summed E-state index contributed by atoms with van der Waals surface area (Å²) < 4.78 is 37.4. The van der Waals surface area contributed by atoms with Crippen LogP contribution >= 0.6 is 0 Å². The highest BCUT2D eigenvalue weighted by Crippen LogP contribution is 2.29. The number of rotatable bonds is 7. The topological polar surface area (TPSA) is 75.2 Å². The quantitative estimate of drug-likeness (QED) is 0.547. The highest BCUT2D eigenvalue weighted by molar-refractivity contribution is 7.90. The number of nitrogens with zero attached hydrogens (tertiary/aromatic N) is 3. The lowest BCUT2D eigenvalue weighted by atomic mass is 9.89. The molecule has 0 spiro atoms. The molecule has 0 radical (unpaired) electrons. The summed E-state index contributed by atoms with van der Waals surface area (Å²) in [6.45, 7) is 4.42. The fraction of sp³-hybridized carbons (Fsp3) is 0.360. The van der Waals surface area contributed by atoms with Gasteiger partial charge in [0.15, 0.2) is 9.84 Å². The largest absolute Gasteiger partial charge is 0.379 e. The predicted molar refractivity (Wildman–Crippen MR) is 129 cm³/mol. The minimum absolute atomic E-state index is 0.0227. The van der Waals surface area contributed by atoms with Crippen molar-refractivity contribution in [1.29, 1.82) is 0 Å². The molecule has 174 valence electrons. The first kappa shape index (κ1) is 23.2. The van der Waals surface area contributed by atoms with Crippen LogP contribution in [0, 0.1) is 5.82 Å². The van der Waals surface area contributed by atoms with E-state index in [4.69, 9.17) is 0 Å². The minimum Gasteiger partial charge on any atom is -0.379 e. The standard InChI is InChI=1S/C25H29FN4O2S/c1-3-18-15-28-25(29-16-18)30-12-10-21(11-13-30)20-6-4-19(5-7-20)17-27-24-9-8-22(14-23(24)26)33(2,31)32/h4-9,14-16,21,27H,3,10-13,17H2,1-2H3. The smallest absolute Gasteiger partial charge is 0.225 e. The van der Waals surface area contributed by atoms with Gasteiger partial charge in [-0.05, 0) is 60.1 Å². The fourth-order valence-electron chi connectivity index (χ4n) is 4.08. The van der Waals surface area contributed by atoms with Crippen LogP contribution in [0.15, 0.2) is 59.8 Å². The molecule has 3 aromatic rings. The SMILES string of the molecule is CCc1cnc(N2CCC(c3ccc(CNc4ccc(S(C)(=O)=O)cc4F)cc3)CC2)nc1. The van der Waals surface area contributed by atoms with Crippen LogP contribution in [0.3, 0.4) is 0 Å². The van der Waals surface area contributed by atoms with Gasteiger partial charge in [-0.3, -0.25) is 0 Å². The molecule has 2 heterocycles. The number of nitrogens with one attached hydrogen (secondary N) is 1. The van der Waals surface area contributed by atoms with Gasteiger partial charge in [-0.25, -0.2) is 22.8 Å². The maximum Gasteiger partial charge on any atom is 0.225 e. The van der Waals surface area contributed by atoms with E-state index >= 15 is 0 Å². The number of benzene rings is 2. The number of piperidine rings is 1. The summed E-state index contributed by atoms with van der Waals surface area (Å²) in [7, 11) is -3.42. The molecule has 8 heteroatoms. The van der Waals surface area contributed by atoms with E-state index in [1.54, 1.807) is 0 Å². The van der Waals surface area contributed by atoms with Gasteiger partial charge >= 0.3 is 0 Å². The van der Waals surface area contributed by atoms with Crippen LogP contribution in [0.2, 0.25) is 0 Å². The number of halogens is 1. The second-order valence-electron chi connectivity index (χ2n) is 8.52. The summed E-state index contributed by atoms with van der Waals surface area (Å²) in [6, 6.07) is 12.3. The molecule has 0 bridgehead atoms. The van der Waals surface area contributed by atoms with Crippen molar-refractivity contribution in [1.82, 2.24) is 9.97 Å². The van der Waals surface area contributed by atoms with Crippen molar-refractivity contribution in [2.24, 2.45) is 0 Å². The van der Waals surface area contributed by atoms with Gasteiger partial charge < -0.3 is 10.2 Å². The highest BCUT2D eigenvalue weighted by Gasteiger charge is 2.22. The van der Waals surface area contributed by atoms with Crippen molar-refractivity contribution < 1.29 is 12.8 Å². The van der Waals surface area contributed by atoms with Gasteiger partial charge in [0.2, 0.25) is 5.95 Å². The van der Waals surface area contributed by atoms with Crippen molar-refractivity contribution in [2.75, 3.05) is 29.6 Å². The van der Waals surface area contributed by atoms with E-state index in [-0.39, 0.29) is 10.6 Å². The summed E-state index contributed by atoms with van der Waals surface area (Å²) in [5.41, 5.74) is 3.78. The van der Waals surface area contributed by atoms with Gasteiger partial charge in [0, 0.05) is 38.3 Å². The van der Waals surface area contributed by atoms with Crippen LogP contribution in [-0.2, 0) is 22.8 Å². The molecule has 0 saturated carbocycles. The van der Waals surface area contributed by atoms with Gasteiger partial charge in [-0.2, -0.15) is 0 Å². The Kier molecular flexibility index (Phi) is 6.93. The van der Waals surface area contributed by atoms with E-state index in [9.17, 15) is 12.8 Å². The summed E-state index contributed by atoms with van der Waals surface area (Å²) in [6.07, 6.45) is 7.93. The normalized spacial score (nSPS) is 14.9. The monoisotopic (exact) mass is 468 g/mol. The third kappa shape index (κ3) is 5.68. The molecule has 0 unspecified atom stereocenters. The molecule has 1 aliphatic heterocycles. The van der Waals surface area contributed by atoms with E-state index in [1.165, 1.54) is 17.7 Å². The second kappa shape index (κ2) is 9.87. The Morgan fingerprint density at radius 3 is 2.27 bits per heavy atom. The predicted octanol–water partition coefficient (Wildman–Crippen LogP) is 4.58.